The van der Waals surface area contributed by atoms with Crippen LogP contribution in [-0.4, -0.2) is 29.9 Å². The lowest BCUT2D eigenvalue weighted by Gasteiger charge is -2.11. The molecule has 0 saturated heterocycles. The van der Waals surface area contributed by atoms with Gasteiger partial charge in [-0.05, 0) is 38.0 Å². The van der Waals surface area contributed by atoms with Crippen LogP contribution in [0.3, 0.4) is 0 Å². The van der Waals surface area contributed by atoms with Crippen LogP contribution >= 0.6 is 35.3 Å². The van der Waals surface area contributed by atoms with Crippen molar-refractivity contribution >= 4 is 52.9 Å². The first-order valence-electron chi connectivity index (χ1n) is 9.43. The lowest BCUT2D eigenvalue weighted by molar-refractivity contribution is -0.116. The molecule has 0 bridgehead atoms. The Hall–Kier alpha value is -1.68. The maximum atomic E-state index is 11.6. The molecule has 8 heteroatoms. The number of thiazole rings is 1. The summed E-state index contributed by atoms with van der Waals surface area (Å²) in [7, 11) is 0. The number of carbonyl (C=O) groups excluding carboxylic acids is 1. The molecule has 0 fully saturated rings. The summed E-state index contributed by atoms with van der Waals surface area (Å²) in [5.74, 6) is 0.850. The second-order valence-electron chi connectivity index (χ2n) is 6.23. The Morgan fingerprint density at radius 1 is 1.18 bits per heavy atom. The highest BCUT2D eigenvalue weighted by Gasteiger charge is 2.03. The summed E-state index contributed by atoms with van der Waals surface area (Å²) in [6.45, 7) is 8.30. The van der Waals surface area contributed by atoms with Crippen LogP contribution in [0.5, 0.6) is 0 Å². The van der Waals surface area contributed by atoms with Crippen molar-refractivity contribution in [2.45, 2.75) is 46.6 Å². The average molecular weight is 515 g/mol. The Morgan fingerprint density at radius 3 is 2.54 bits per heavy atom. The molecular weight excluding hydrogens is 485 g/mol. The highest BCUT2D eigenvalue weighted by atomic mass is 127. The van der Waals surface area contributed by atoms with Gasteiger partial charge in [0.15, 0.2) is 5.96 Å². The molecule has 2 aromatic rings. The third kappa shape index (κ3) is 9.01. The first-order valence-corrected chi connectivity index (χ1v) is 10.2. The second kappa shape index (κ2) is 13.5. The second-order valence-corrected chi connectivity index (χ2v) is 7.55. The van der Waals surface area contributed by atoms with Gasteiger partial charge in [0.1, 0.15) is 0 Å². The molecule has 0 unspecified atom stereocenters. The molecule has 3 N–H and O–H groups in total. The molecule has 1 amide bonds. The fourth-order valence-corrected chi connectivity index (χ4v) is 3.25. The first kappa shape index (κ1) is 24.4. The fourth-order valence-electron chi connectivity index (χ4n) is 2.46. The van der Waals surface area contributed by atoms with Gasteiger partial charge in [0.2, 0.25) is 5.91 Å². The largest absolute Gasteiger partial charge is 0.357 e. The zero-order valence-corrected chi connectivity index (χ0v) is 19.9. The quantitative estimate of drug-likeness (QED) is 0.267. The summed E-state index contributed by atoms with van der Waals surface area (Å²) in [6.07, 6.45) is 4.19. The Balaban J connectivity index is 0.00000392. The maximum Gasteiger partial charge on any atom is 0.224 e. The van der Waals surface area contributed by atoms with E-state index in [1.807, 2.05) is 37.4 Å². The average Bonchev–Trinajstić information content (AvgIpc) is 3.06. The summed E-state index contributed by atoms with van der Waals surface area (Å²) in [5.41, 5.74) is 1.92. The highest BCUT2D eigenvalue weighted by Crippen LogP contribution is 2.12. The Bertz CT molecular complexity index is 745. The van der Waals surface area contributed by atoms with E-state index in [-0.39, 0.29) is 29.9 Å². The lowest BCUT2D eigenvalue weighted by Crippen LogP contribution is -2.38. The minimum atomic E-state index is 0. The molecule has 28 heavy (non-hydrogen) atoms. The van der Waals surface area contributed by atoms with Crippen molar-refractivity contribution in [2.75, 3.05) is 18.4 Å². The van der Waals surface area contributed by atoms with Gasteiger partial charge in [-0.1, -0.05) is 19.1 Å². The number of rotatable bonds is 9. The summed E-state index contributed by atoms with van der Waals surface area (Å²) in [4.78, 5) is 21.9. The third-order valence-corrected chi connectivity index (χ3v) is 4.75. The van der Waals surface area contributed by atoms with Crippen molar-refractivity contribution in [3.63, 3.8) is 0 Å². The lowest BCUT2D eigenvalue weighted by atomic mass is 10.2. The standard InChI is InChI=1S/C20H29N5OS.HI/c1-4-6-18(26)25-17-9-7-16(8-10-17)14-24-20(21-5-2)22-12-11-19-23-13-15(3)27-19;/h7-10,13H,4-6,11-12,14H2,1-3H3,(H,25,26)(H2,21,22,24);1H. The van der Waals surface area contributed by atoms with E-state index in [0.717, 1.165) is 48.1 Å². The van der Waals surface area contributed by atoms with Gasteiger partial charge in [0, 0.05) is 42.7 Å². The number of nitrogens with zero attached hydrogens (tertiary/aromatic N) is 2. The maximum absolute atomic E-state index is 11.6. The predicted octanol–water partition coefficient (Wildman–Crippen LogP) is 4.11. The minimum absolute atomic E-state index is 0. The molecule has 0 aliphatic heterocycles. The van der Waals surface area contributed by atoms with E-state index in [2.05, 4.69) is 39.8 Å². The van der Waals surface area contributed by atoms with Crippen molar-refractivity contribution in [1.29, 1.82) is 0 Å². The van der Waals surface area contributed by atoms with Gasteiger partial charge in [0.25, 0.3) is 0 Å². The van der Waals surface area contributed by atoms with E-state index < -0.39 is 0 Å². The van der Waals surface area contributed by atoms with Crippen LogP contribution in [0.4, 0.5) is 5.69 Å². The SMILES string of the molecule is CCCC(=O)Nc1ccc(CN=C(NCC)NCCc2ncc(C)s2)cc1.I. The summed E-state index contributed by atoms with van der Waals surface area (Å²) in [6, 6.07) is 7.83. The van der Waals surface area contributed by atoms with Crippen molar-refractivity contribution in [3.8, 4) is 0 Å². The molecule has 0 aliphatic rings. The number of halogens is 1. The monoisotopic (exact) mass is 515 g/mol. The van der Waals surface area contributed by atoms with Gasteiger partial charge >= 0.3 is 0 Å². The number of carbonyl (C=O) groups is 1. The van der Waals surface area contributed by atoms with E-state index >= 15 is 0 Å². The van der Waals surface area contributed by atoms with Gasteiger partial charge in [-0.15, -0.1) is 35.3 Å². The molecule has 0 saturated carbocycles. The molecule has 0 atom stereocenters. The molecule has 154 valence electrons. The van der Waals surface area contributed by atoms with Crippen molar-refractivity contribution < 1.29 is 4.79 Å². The van der Waals surface area contributed by atoms with E-state index in [0.29, 0.717) is 13.0 Å². The van der Waals surface area contributed by atoms with Crippen LogP contribution in [-0.2, 0) is 17.8 Å². The predicted molar refractivity (Wildman–Crippen MR) is 129 cm³/mol. The smallest absolute Gasteiger partial charge is 0.224 e. The molecule has 1 aromatic carbocycles. The number of aliphatic imine (C=N–C) groups is 1. The summed E-state index contributed by atoms with van der Waals surface area (Å²) < 4.78 is 0. The topological polar surface area (TPSA) is 78.4 Å². The van der Waals surface area contributed by atoms with E-state index in [9.17, 15) is 4.79 Å². The minimum Gasteiger partial charge on any atom is -0.357 e. The summed E-state index contributed by atoms with van der Waals surface area (Å²) >= 11 is 1.73. The van der Waals surface area contributed by atoms with Crippen LogP contribution in [0.1, 0.15) is 42.1 Å². The molecule has 6 nitrogen and oxygen atoms in total. The summed E-state index contributed by atoms with van der Waals surface area (Å²) in [5, 5.41) is 10.6. The van der Waals surface area contributed by atoms with Gasteiger partial charge in [-0.2, -0.15) is 0 Å². The third-order valence-electron chi connectivity index (χ3n) is 3.78. The molecule has 0 aliphatic carbocycles. The van der Waals surface area contributed by atoms with E-state index in [1.54, 1.807) is 11.3 Å². The number of nitrogens with one attached hydrogen (secondary N) is 3. The van der Waals surface area contributed by atoms with Crippen molar-refractivity contribution in [3.05, 3.63) is 45.9 Å². The van der Waals surface area contributed by atoms with Gasteiger partial charge in [-0.3, -0.25) is 4.79 Å². The van der Waals surface area contributed by atoms with Gasteiger partial charge in [-0.25, -0.2) is 9.98 Å². The number of hydrogen-bond donors (Lipinski definition) is 3. The van der Waals surface area contributed by atoms with Crippen LogP contribution in [0.15, 0.2) is 35.5 Å². The molecule has 0 radical (unpaired) electrons. The zero-order valence-electron chi connectivity index (χ0n) is 16.7. The van der Waals surface area contributed by atoms with Crippen LogP contribution in [0.25, 0.3) is 0 Å². The molecule has 1 heterocycles. The van der Waals surface area contributed by atoms with Crippen LogP contribution in [0, 0.1) is 6.92 Å². The van der Waals surface area contributed by atoms with E-state index in [4.69, 9.17) is 0 Å². The molecular formula is C20H30IN5OS. The number of aryl methyl sites for hydroxylation is 1. The molecule has 2 rings (SSSR count). The van der Waals surface area contributed by atoms with Gasteiger partial charge < -0.3 is 16.0 Å². The van der Waals surface area contributed by atoms with Crippen LogP contribution in [0.2, 0.25) is 0 Å². The van der Waals surface area contributed by atoms with E-state index in [1.165, 1.54) is 4.88 Å². The number of hydrogen-bond acceptors (Lipinski definition) is 4. The van der Waals surface area contributed by atoms with Crippen molar-refractivity contribution in [2.24, 2.45) is 4.99 Å². The molecule has 1 aromatic heterocycles. The van der Waals surface area contributed by atoms with Crippen molar-refractivity contribution in [1.82, 2.24) is 15.6 Å². The number of amides is 1. The number of anilines is 1. The molecule has 0 spiro atoms. The van der Waals surface area contributed by atoms with Gasteiger partial charge in [0.05, 0.1) is 11.6 Å². The fraction of sp³-hybridized carbons (Fsp3) is 0.450. The number of aromatic nitrogens is 1. The first-order chi connectivity index (χ1) is 13.1. The van der Waals surface area contributed by atoms with Crippen LogP contribution < -0.4 is 16.0 Å². The highest BCUT2D eigenvalue weighted by molar-refractivity contribution is 14.0. The Labute approximate surface area is 188 Å². The number of benzene rings is 1. The zero-order chi connectivity index (χ0) is 19.5. The number of guanidine groups is 1. The Kier molecular flexibility index (Phi) is 11.7. The normalized spacial score (nSPS) is 10.9. The Morgan fingerprint density at radius 2 is 1.93 bits per heavy atom.